The Bertz CT molecular complexity index is 450. The molecule has 1 fully saturated rings. The van der Waals surface area contributed by atoms with Crippen LogP contribution in [-0.2, 0) is 5.54 Å². The smallest absolute Gasteiger partial charge is 0.137 e. The topological polar surface area (TPSA) is 35.2 Å². The maximum Gasteiger partial charge on any atom is 0.137 e. The molecule has 0 saturated heterocycles. The van der Waals surface area contributed by atoms with Gasteiger partial charge in [-0.1, -0.05) is 44.7 Å². The van der Waals surface area contributed by atoms with Crippen molar-refractivity contribution >= 4 is 11.6 Å². The van der Waals surface area contributed by atoms with Crippen LogP contribution < -0.4 is 10.5 Å². The molecule has 1 aromatic rings. The molecule has 1 aromatic carbocycles. The van der Waals surface area contributed by atoms with E-state index in [1.54, 1.807) is 7.11 Å². The van der Waals surface area contributed by atoms with Crippen LogP contribution in [0.15, 0.2) is 12.1 Å². The molecule has 0 bridgehead atoms. The van der Waals surface area contributed by atoms with Crippen LogP contribution in [0.1, 0.15) is 63.0 Å². The van der Waals surface area contributed by atoms with E-state index in [0.717, 1.165) is 18.6 Å². The van der Waals surface area contributed by atoms with Gasteiger partial charge in [0.25, 0.3) is 0 Å². The molecule has 1 aliphatic carbocycles. The molecule has 0 heterocycles. The van der Waals surface area contributed by atoms with Gasteiger partial charge in [-0.15, -0.1) is 0 Å². The lowest BCUT2D eigenvalue weighted by atomic mass is 9.74. The Morgan fingerprint density at radius 2 is 1.84 bits per heavy atom. The van der Waals surface area contributed by atoms with E-state index in [1.807, 2.05) is 6.07 Å². The number of hydrogen-bond donors (Lipinski definition) is 1. The Morgan fingerprint density at radius 3 is 2.37 bits per heavy atom. The summed E-state index contributed by atoms with van der Waals surface area (Å²) in [5.74, 6) is 1.16. The third-order valence-corrected chi connectivity index (χ3v) is 4.52. The molecule has 2 rings (SSSR count). The fraction of sp³-hybridized carbons (Fsp3) is 0.625. The van der Waals surface area contributed by atoms with Gasteiger partial charge in [0, 0.05) is 5.54 Å². The van der Waals surface area contributed by atoms with Crippen LogP contribution in [0.4, 0.5) is 0 Å². The highest BCUT2D eigenvalue weighted by Gasteiger charge is 2.32. The number of halogens is 1. The van der Waals surface area contributed by atoms with E-state index >= 15 is 0 Å². The monoisotopic (exact) mass is 281 g/mol. The third-order valence-electron chi connectivity index (χ3n) is 4.23. The van der Waals surface area contributed by atoms with Crippen molar-refractivity contribution < 1.29 is 4.74 Å². The van der Waals surface area contributed by atoms with Crippen LogP contribution in [0.2, 0.25) is 5.02 Å². The quantitative estimate of drug-likeness (QED) is 0.879. The molecule has 19 heavy (non-hydrogen) atoms. The average molecular weight is 282 g/mol. The maximum absolute atomic E-state index is 6.68. The summed E-state index contributed by atoms with van der Waals surface area (Å²) in [4.78, 5) is 0. The molecule has 0 unspecified atom stereocenters. The number of benzene rings is 1. The molecule has 0 amide bonds. The zero-order valence-electron chi connectivity index (χ0n) is 12.1. The minimum absolute atomic E-state index is 0.215. The van der Waals surface area contributed by atoms with Gasteiger partial charge in [0.15, 0.2) is 0 Å². The summed E-state index contributed by atoms with van der Waals surface area (Å²) >= 11 is 6.31. The Hall–Kier alpha value is -0.730. The van der Waals surface area contributed by atoms with Gasteiger partial charge in [-0.3, -0.25) is 0 Å². The normalized spacial score (nSPS) is 18.6. The van der Waals surface area contributed by atoms with E-state index in [-0.39, 0.29) is 5.54 Å². The molecule has 0 aliphatic heterocycles. The second-order valence-corrected chi connectivity index (χ2v) is 6.35. The number of ether oxygens (including phenoxy) is 1. The third kappa shape index (κ3) is 2.90. The van der Waals surface area contributed by atoms with Crippen LogP contribution in [-0.4, -0.2) is 7.11 Å². The van der Waals surface area contributed by atoms with E-state index < -0.39 is 0 Å². The Kier molecular flexibility index (Phi) is 4.42. The molecule has 3 heteroatoms. The molecule has 0 spiro atoms. The summed E-state index contributed by atoms with van der Waals surface area (Å²) in [6, 6.07) is 4.09. The number of nitrogens with two attached hydrogens (primary N) is 1. The van der Waals surface area contributed by atoms with E-state index in [1.165, 1.54) is 30.4 Å². The van der Waals surface area contributed by atoms with Crippen molar-refractivity contribution in [2.45, 2.75) is 57.4 Å². The molecular weight excluding hydrogens is 258 g/mol. The van der Waals surface area contributed by atoms with Crippen LogP contribution in [0, 0.1) is 0 Å². The molecule has 0 aromatic heterocycles. The second kappa shape index (κ2) is 5.72. The highest BCUT2D eigenvalue weighted by atomic mass is 35.5. The van der Waals surface area contributed by atoms with Gasteiger partial charge >= 0.3 is 0 Å². The Balaban J connectivity index is 2.51. The van der Waals surface area contributed by atoms with Crippen molar-refractivity contribution in [1.29, 1.82) is 0 Å². The number of hydrogen-bond acceptors (Lipinski definition) is 2. The first-order valence-electron chi connectivity index (χ1n) is 7.15. The summed E-state index contributed by atoms with van der Waals surface area (Å²) in [5.41, 5.74) is 8.95. The average Bonchev–Trinajstić information content (AvgIpc) is 2.39. The molecular formula is C16H24ClNO. The van der Waals surface area contributed by atoms with Gasteiger partial charge in [0.2, 0.25) is 0 Å². The van der Waals surface area contributed by atoms with E-state index in [2.05, 4.69) is 19.9 Å². The fourth-order valence-electron chi connectivity index (χ4n) is 3.09. The summed E-state index contributed by atoms with van der Waals surface area (Å²) < 4.78 is 5.34. The fourth-order valence-corrected chi connectivity index (χ4v) is 3.33. The number of methoxy groups -OCH3 is 1. The first-order chi connectivity index (χ1) is 8.98. The molecule has 2 N–H and O–H groups in total. The minimum atomic E-state index is -0.215. The Morgan fingerprint density at radius 1 is 1.21 bits per heavy atom. The largest absolute Gasteiger partial charge is 0.495 e. The first-order valence-corrected chi connectivity index (χ1v) is 7.52. The van der Waals surface area contributed by atoms with E-state index in [9.17, 15) is 0 Å². The van der Waals surface area contributed by atoms with Crippen molar-refractivity contribution in [3.05, 3.63) is 28.3 Å². The standard InChI is InChI=1S/C16H24ClNO/c1-11(2)12-9-15(19-3)14(17)10-13(12)16(18)7-5-4-6-8-16/h9-11H,4-8,18H2,1-3H3. The summed E-state index contributed by atoms with van der Waals surface area (Å²) in [6.07, 6.45) is 5.81. The highest BCUT2D eigenvalue weighted by Crippen LogP contribution is 2.42. The predicted molar refractivity (Wildman–Crippen MR) is 81.0 cm³/mol. The molecule has 0 radical (unpaired) electrons. The van der Waals surface area contributed by atoms with Gasteiger partial charge < -0.3 is 10.5 Å². The molecule has 2 nitrogen and oxygen atoms in total. The molecule has 1 saturated carbocycles. The SMILES string of the molecule is COc1cc(C(C)C)c(C2(N)CCCCC2)cc1Cl. The van der Waals surface area contributed by atoms with Gasteiger partial charge in [-0.25, -0.2) is 0 Å². The van der Waals surface area contributed by atoms with Gasteiger partial charge in [-0.2, -0.15) is 0 Å². The van der Waals surface area contributed by atoms with Crippen molar-refractivity contribution in [2.75, 3.05) is 7.11 Å². The lowest BCUT2D eigenvalue weighted by Crippen LogP contribution is -2.39. The predicted octanol–water partition coefficient (Wildman–Crippen LogP) is 4.59. The van der Waals surface area contributed by atoms with Crippen LogP contribution in [0.5, 0.6) is 5.75 Å². The van der Waals surface area contributed by atoms with Crippen molar-refractivity contribution in [2.24, 2.45) is 5.73 Å². The van der Waals surface area contributed by atoms with Gasteiger partial charge in [0.1, 0.15) is 5.75 Å². The first kappa shape index (κ1) is 14.7. The van der Waals surface area contributed by atoms with Crippen molar-refractivity contribution in [3.63, 3.8) is 0 Å². The summed E-state index contributed by atoms with van der Waals surface area (Å²) in [7, 11) is 1.66. The highest BCUT2D eigenvalue weighted by molar-refractivity contribution is 6.32. The van der Waals surface area contributed by atoms with Gasteiger partial charge in [0.05, 0.1) is 12.1 Å². The van der Waals surface area contributed by atoms with Crippen LogP contribution >= 0.6 is 11.6 Å². The van der Waals surface area contributed by atoms with E-state index in [0.29, 0.717) is 10.9 Å². The zero-order chi connectivity index (χ0) is 14.0. The van der Waals surface area contributed by atoms with Gasteiger partial charge in [-0.05, 0) is 42.0 Å². The minimum Gasteiger partial charge on any atom is -0.495 e. The van der Waals surface area contributed by atoms with E-state index in [4.69, 9.17) is 22.1 Å². The Labute approximate surface area is 121 Å². The van der Waals surface area contributed by atoms with Crippen molar-refractivity contribution in [1.82, 2.24) is 0 Å². The second-order valence-electron chi connectivity index (χ2n) is 5.95. The summed E-state index contributed by atoms with van der Waals surface area (Å²) in [5, 5.41) is 0.664. The molecule has 1 aliphatic rings. The lowest BCUT2D eigenvalue weighted by molar-refractivity contribution is 0.299. The maximum atomic E-state index is 6.68. The van der Waals surface area contributed by atoms with Crippen LogP contribution in [0.3, 0.4) is 0 Å². The summed E-state index contributed by atoms with van der Waals surface area (Å²) in [6.45, 7) is 4.39. The molecule has 106 valence electrons. The number of rotatable bonds is 3. The van der Waals surface area contributed by atoms with Crippen LogP contribution in [0.25, 0.3) is 0 Å². The lowest BCUT2D eigenvalue weighted by Gasteiger charge is -2.36. The molecule has 0 atom stereocenters. The van der Waals surface area contributed by atoms with Crippen molar-refractivity contribution in [3.8, 4) is 5.75 Å². The zero-order valence-corrected chi connectivity index (χ0v) is 12.9.